The zero-order valence-electron chi connectivity index (χ0n) is 12.2. The van der Waals surface area contributed by atoms with Crippen molar-refractivity contribution in [3.63, 3.8) is 0 Å². The Balaban J connectivity index is 2.35. The second-order valence-corrected chi connectivity index (χ2v) is 6.28. The third-order valence-electron chi connectivity index (χ3n) is 2.58. The number of hydrogen-bond donors (Lipinski definition) is 2. The molecule has 1 aromatic rings. The molecule has 1 amide bonds. The summed E-state index contributed by atoms with van der Waals surface area (Å²) < 4.78 is 0. The average molecular weight is 280 g/mol. The maximum atomic E-state index is 10.9. The Morgan fingerprint density at radius 2 is 1.84 bits per heavy atom. The summed E-state index contributed by atoms with van der Waals surface area (Å²) in [5, 5.41) is 6.22. The molecule has 3 nitrogen and oxygen atoms in total. The van der Waals surface area contributed by atoms with Gasteiger partial charge < -0.3 is 10.6 Å². The van der Waals surface area contributed by atoms with E-state index in [1.165, 1.54) is 11.8 Å². The van der Waals surface area contributed by atoms with Gasteiger partial charge in [-0.1, -0.05) is 20.8 Å². The lowest BCUT2D eigenvalue weighted by Crippen LogP contribution is -2.28. The van der Waals surface area contributed by atoms with Crippen molar-refractivity contribution in [3.8, 4) is 0 Å². The van der Waals surface area contributed by atoms with Crippen LogP contribution in [0.15, 0.2) is 29.2 Å². The Labute approximate surface area is 120 Å². The molecule has 19 heavy (non-hydrogen) atoms. The fraction of sp³-hybridized carbons (Fsp3) is 0.533. The fourth-order valence-electron chi connectivity index (χ4n) is 1.57. The number of carbonyl (C=O) groups excluding carboxylic acids is 1. The Kier molecular flexibility index (Phi) is 6.95. The normalized spacial score (nSPS) is 12.5. The molecule has 0 saturated heterocycles. The first-order valence-electron chi connectivity index (χ1n) is 6.71. The van der Waals surface area contributed by atoms with Gasteiger partial charge in [0.05, 0.1) is 0 Å². The molecule has 0 aliphatic carbocycles. The first-order chi connectivity index (χ1) is 8.97. The molecule has 0 bridgehead atoms. The fourth-order valence-corrected chi connectivity index (χ4v) is 2.50. The summed E-state index contributed by atoms with van der Waals surface area (Å²) >= 11 is 1.86. The van der Waals surface area contributed by atoms with E-state index in [1.54, 1.807) is 0 Å². The standard InChI is InChI=1S/C15H24N2OS/c1-11(2)16-9-12(3)10-19-15-7-5-14(6-8-15)17-13(4)18/h5-8,11-12,16H,9-10H2,1-4H3,(H,17,18). The Hall–Kier alpha value is -1.00. The number of hydrogen-bond acceptors (Lipinski definition) is 3. The largest absolute Gasteiger partial charge is 0.326 e. The van der Waals surface area contributed by atoms with Gasteiger partial charge in [-0.25, -0.2) is 0 Å². The van der Waals surface area contributed by atoms with E-state index in [1.807, 2.05) is 23.9 Å². The number of rotatable bonds is 7. The molecule has 1 rings (SSSR count). The molecule has 0 radical (unpaired) electrons. The molecular weight excluding hydrogens is 256 g/mol. The van der Waals surface area contributed by atoms with Gasteiger partial charge in [-0.2, -0.15) is 0 Å². The van der Waals surface area contributed by atoms with E-state index in [2.05, 4.69) is 43.5 Å². The highest BCUT2D eigenvalue weighted by Gasteiger charge is 2.04. The van der Waals surface area contributed by atoms with Crippen molar-refractivity contribution in [3.05, 3.63) is 24.3 Å². The second-order valence-electron chi connectivity index (χ2n) is 5.18. The molecule has 0 aliphatic heterocycles. The van der Waals surface area contributed by atoms with Gasteiger partial charge in [0.2, 0.25) is 5.91 Å². The van der Waals surface area contributed by atoms with Crippen LogP contribution in [0.1, 0.15) is 27.7 Å². The highest BCUT2D eigenvalue weighted by molar-refractivity contribution is 7.99. The molecule has 0 aromatic heterocycles. The Morgan fingerprint density at radius 3 is 2.37 bits per heavy atom. The molecular formula is C15H24N2OS. The number of carbonyl (C=O) groups is 1. The van der Waals surface area contributed by atoms with Crippen LogP contribution in [0.3, 0.4) is 0 Å². The Bertz CT molecular complexity index is 390. The minimum Gasteiger partial charge on any atom is -0.326 e. The molecule has 0 heterocycles. The van der Waals surface area contributed by atoms with E-state index in [9.17, 15) is 4.79 Å². The van der Waals surface area contributed by atoms with Crippen LogP contribution >= 0.6 is 11.8 Å². The lowest BCUT2D eigenvalue weighted by Gasteiger charge is -2.14. The van der Waals surface area contributed by atoms with Crippen molar-refractivity contribution in [2.24, 2.45) is 5.92 Å². The van der Waals surface area contributed by atoms with Crippen LogP contribution in [0.5, 0.6) is 0 Å². The zero-order chi connectivity index (χ0) is 14.3. The first-order valence-corrected chi connectivity index (χ1v) is 7.69. The summed E-state index contributed by atoms with van der Waals surface area (Å²) in [4.78, 5) is 12.2. The van der Waals surface area contributed by atoms with Gasteiger partial charge >= 0.3 is 0 Å². The number of anilines is 1. The van der Waals surface area contributed by atoms with Crippen LogP contribution in [0, 0.1) is 5.92 Å². The molecule has 2 N–H and O–H groups in total. The molecule has 0 aliphatic rings. The van der Waals surface area contributed by atoms with Gasteiger partial charge in [-0.15, -0.1) is 11.8 Å². The van der Waals surface area contributed by atoms with Crippen LogP contribution in [0.25, 0.3) is 0 Å². The number of benzene rings is 1. The second kappa shape index (κ2) is 8.23. The first kappa shape index (κ1) is 16.1. The average Bonchev–Trinajstić information content (AvgIpc) is 2.35. The summed E-state index contributed by atoms with van der Waals surface area (Å²) in [6.07, 6.45) is 0. The Morgan fingerprint density at radius 1 is 1.21 bits per heavy atom. The van der Waals surface area contributed by atoms with E-state index in [0.29, 0.717) is 12.0 Å². The summed E-state index contributed by atoms with van der Waals surface area (Å²) in [5.74, 6) is 1.70. The highest BCUT2D eigenvalue weighted by Crippen LogP contribution is 2.22. The molecule has 0 saturated carbocycles. The summed E-state index contributed by atoms with van der Waals surface area (Å²) in [7, 11) is 0. The highest BCUT2D eigenvalue weighted by atomic mass is 32.2. The van der Waals surface area contributed by atoms with Crippen molar-refractivity contribution >= 4 is 23.4 Å². The third kappa shape index (κ3) is 7.23. The van der Waals surface area contributed by atoms with E-state index in [4.69, 9.17) is 0 Å². The minimum atomic E-state index is -0.0335. The van der Waals surface area contributed by atoms with Crippen LogP contribution in [-0.4, -0.2) is 24.2 Å². The zero-order valence-corrected chi connectivity index (χ0v) is 13.0. The van der Waals surface area contributed by atoms with Crippen LogP contribution < -0.4 is 10.6 Å². The van der Waals surface area contributed by atoms with E-state index in [-0.39, 0.29) is 5.91 Å². The molecule has 1 unspecified atom stereocenters. The number of amides is 1. The van der Waals surface area contributed by atoms with Crippen molar-refractivity contribution in [2.75, 3.05) is 17.6 Å². The third-order valence-corrected chi connectivity index (χ3v) is 3.92. The predicted molar refractivity (Wildman–Crippen MR) is 83.8 cm³/mol. The van der Waals surface area contributed by atoms with Gasteiger partial charge in [-0.05, 0) is 36.7 Å². The van der Waals surface area contributed by atoms with Crippen molar-refractivity contribution in [1.29, 1.82) is 0 Å². The molecule has 106 valence electrons. The van der Waals surface area contributed by atoms with E-state index in [0.717, 1.165) is 18.0 Å². The van der Waals surface area contributed by atoms with Crippen molar-refractivity contribution in [2.45, 2.75) is 38.6 Å². The molecule has 1 atom stereocenters. The van der Waals surface area contributed by atoms with Crippen molar-refractivity contribution in [1.82, 2.24) is 5.32 Å². The lowest BCUT2D eigenvalue weighted by molar-refractivity contribution is -0.114. The number of nitrogens with one attached hydrogen (secondary N) is 2. The van der Waals surface area contributed by atoms with Crippen LogP contribution in [-0.2, 0) is 4.79 Å². The van der Waals surface area contributed by atoms with E-state index < -0.39 is 0 Å². The van der Waals surface area contributed by atoms with Crippen LogP contribution in [0.2, 0.25) is 0 Å². The summed E-state index contributed by atoms with van der Waals surface area (Å²) in [6.45, 7) is 9.16. The topological polar surface area (TPSA) is 41.1 Å². The summed E-state index contributed by atoms with van der Waals surface area (Å²) in [6, 6.07) is 8.54. The molecule has 0 spiro atoms. The maximum Gasteiger partial charge on any atom is 0.221 e. The van der Waals surface area contributed by atoms with E-state index >= 15 is 0 Å². The number of thioether (sulfide) groups is 1. The molecule has 0 fully saturated rings. The smallest absolute Gasteiger partial charge is 0.221 e. The molecule has 4 heteroatoms. The van der Waals surface area contributed by atoms with Gasteiger partial charge in [0.1, 0.15) is 0 Å². The van der Waals surface area contributed by atoms with Gasteiger partial charge in [0.15, 0.2) is 0 Å². The SMILES string of the molecule is CC(=O)Nc1ccc(SCC(C)CNC(C)C)cc1. The van der Waals surface area contributed by atoms with Gasteiger partial charge in [0, 0.05) is 29.3 Å². The van der Waals surface area contributed by atoms with Gasteiger partial charge in [0.25, 0.3) is 0 Å². The predicted octanol–water partition coefficient (Wildman–Crippen LogP) is 3.37. The monoisotopic (exact) mass is 280 g/mol. The molecule has 1 aromatic carbocycles. The maximum absolute atomic E-state index is 10.9. The summed E-state index contributed by atoms with van der Waals surface area (Å²) in [5.41, 5.74) is 0.853. The quantitative estimate of drug-likeness (QED) is 0.752. The van der Waals surface area contributed by atoms with Gasteiger partial charge in [-0.3, -0.25) is 4.79 Å². The van der Waals surface area contributed by atoms with Crippen LogP contribution in [0.4, 0.5) is 5.69 Å². The minimum absolute atomic E-state index is 0.0335. The lowest BCUT2D eigenvalue weighted by atomic mass is 10.2. The van der Waals surface area contributed by atoms with Crippen molar-refractivity contribution < 1.29 is 4.79 Å².